The van der Waals surface area contributed by atoms with E-state index in [0.29, 0.717) is 5.69 Å². The first-order valence-corrected chi connectivity index (χ1v) is 11.9. The summed E-state index contributed by atoms with van der Waals surface area (Å²) in [5, 5.41) is 20.2. The Morgan fingerprint density at radius 3 is 2.58 bits per heavy atom. The number of hydrogen-bond acceptors (Lipinski definition) is 7. The fraction of sp³-hybridized carbons (Fsp3) is 0.222. The maximum Gasteiger partial charge on any atom is 0.410 e. The summed E-state index contributed by atoms with van der Waals surface area (Å²) in [7, 11) is 1.59. The largest absolute Gasteiger partial charge is 0.508 e. The number of nitrogens with zero attached hydrogens (tertiary/aromatic N) is 3. The molecule has 8 nitrogen and oxygen atoms in total. The molecule has 0 aliphatic carbocycles. The van der Waals surface area contributed by atoms with Crippen LogP contribution in [-0.2, 0) is 11.3 Å². The highest BCUT2D eigenvalue weighted by atomic mass is 35.5. The number of amides is 1. The molecule has 0 bridgehead atoms. The van der Waals surface area contributed by atoms with Crippen LogP contribution in [0.15, 0.2) is 61.5 Å². The molecule has 0 saturated carbocycles. The number of nitrogen functional groups attached to an aromatic ring is 1. The number of allylic oxidation sites excluding steroid dienone is 1. The second-order valence-electron chi connectivity index (χ2n) is 8.95. The molecule has 1 amide bonds. The van der Waals surface area contributed by atoms with E-state index in [9.17, 15) is 19.4 Å². The normalized spacial score (nSPS) is 15.0. The van der Waals surface area contributed by atoms with E-state index in [0.717, 1.165) is 6.07 Å². The summed E-state index contributed by atoms with van der Waals surface area (Å²) in [6.45, 7) is 11.2. The van der Waals surface area contributed by atoms with Gasteiger partial charge < -0.3 is 35.4 Å². The van der Waals surface area contributed by atoms with E-state index in [4.69, 9.17) is 22.1 Å². The Kier molecular flexibility index (Phi) is 7.39. The van der Waals surface area contributed by atoms with Gasteiger partial charge in [-0.2, -0.15) is 0 Å². The second kappa shape index (κ2) is 10.4. The zero-order valence-corrected chi connectivity index (χ0v) is 21.4. The van der Waals surface area contributed by atoms with Crippen molar-refractivity contribution < 1.29 is 28.5 Å². The van der Waals surface area contributed by atoms with Crippen LogP contribution in [0.1, 0.15) is 11.1 Å². The lowest BCUT2D eigenvalue weighted by molar-refractivity contribution is 0.1000. The molecule has 2 aromatic rings. The summed E-state index contributed by atoms with van der Waals surface area (Å²) in [6.07, 6.45) is 2.40. The van der Waals surface area contributed by atoms with Crippen LogP contribution in [0.5, 0.6) is 0 Å². The molecule has 200 valence electrons. The number of ether oxygens (including phenoxy) is 1. The number of carbonyl (C=O) groups is 1. The van der Waals surface area contributed by atoms with E-state index in [1.54, 1.807) is 11.9 Å². The molecule has 1 saturated heterocycles. The molecular weight excluding hydrogens is 518 g/mol. The fourth-order valence-electron chi connectivity index (χ4n) is 4.44. The minimum atomic E-state index is -0.719. The summed E-state index contributed by atoms with van der Waals surface area (Å²) in [5.41, 5.74) is 7.19. The Hall–Kier alpha value is -4.02. The third-order valence-electron chi connectivity index (χ3n) is 6.60. The number of aliphatic hydroxyl groups is 2. The van der Waals surface area contributed by atoms with Gasteiger partial charge in [0.15, 0.2) is 0 Å². The summed E-state index contributed by atoms with van der Waals surface area (Å²) in [4.78, 5) is 16.8. The van der Waals surface area contributed by atoms with Gasteiger partial charge in [-0.05, 0) is 23.8 Å². The molecule has 4 rings (SSSR count). The first-order valence-electron chi connectivity index (χ1n) is 11.5. The lowest BCUT2D eigenvalue weighted by atomic mass is 9.91. The van der Waals surface area contributed by atoms with E-state index in [-0.39, 0.29) is 75.9 Å². The number of likely N-dealkylation sites (N-methyl/N-ethyl adjacent to an activating group) is 1. The summed E-state index contributed by atoms with van der Waals surface area (Å²) < 4.78 is 34.8. The van der Waals surface area contributed by atoms with Crippen LogP contribution in [-0.4, -0.2) is 54.0 Å². The first kappa shape index (κ1) is 27.0. The van der Waals surface area contributed by atoms with Gasteiger partial charge in [-0.3, -0.25) is 0 Å². The minimum Gasteiger partial charge on any atom is -0.508 e. The lowest BCUT2D eigenvalue weighted by Gasteiger charge is -2.45. The number of hydrogen-bond donors (Lipinski definition) is 3. The van der Waals surface area contributed by atoms with Crippen molar-refractivity contribution in [3.63, 3.8) is 0 Å². The van der Waals surface area contributed by atoms with Gasteiger partial charge in [0, 0.05) is 43.0 Å². The molecule has 2 aromatic carbocycles. The first-order chi connectivity index (χ1) is 18.0. The molecule has 11 heteroatoms. The smallest absolute Gasteiger partial charge is 0.410 e. The van der Waals surface area contributed by atoms with Crippen LogP contribution in [0.4, 0.5) is 36.3 Å². The third kappa shape index (κ3) is 4.57. The van der Waals surface area contributed by atoms with Gasteiger partial charge in [0.05, 0.1) is 40.4 Å². The van der Waals surface area contributed by atoms with Crippen LogP contribution in [0.25, 0.3) is 5.57 Å². The fourth-order valence-corrected chi connectivity index (χ4v) is 4.85. The average molecular weight is 545 g/mol. The number of benzene rings is 2. The van der Waals surface area contributed by atoms with Crippen LogP contribution in [0.2, 0.25) is 5.02 Å². The quantitative estimate of drug-likeness (QED) is 0.248. The summed E-state index contributed by atoms with van der Waals surface area (Å²) in [5.74, 6) is -1.69. The minimum absolute atomic E-state index is 0.0159. The average Bonchev–Trinajstić information content (AvgIpc) is 2.85. The van der Waals surface area contributed by atoms with Gasteiger partial charge in [-0.25, -0.2) is 13.6 Å². The summed E-state index contributed by atoms with van der Waals surface area (Å²) in [6, 6.07) is 3.40. The number of fused-ring (bicyclic) bond motifs is 1. The molecule has 2 aliphatic rings. The molecular formula is C27H27ClF2N4O4. The topological polar surface area (TPSA) is 103 Å². The monoisotopic (exact) mass is 544 g/mol. The second-order valence-corrected chi connectivity index (χ2v) is 9.33. The van der Waals surface area contributed by atoms with E-state index in [2.05, 4.69) is 19.7 Å². The van der Waals surface area contributed by atoms with Crippen molar-refractivity contribution in [1.29, 1.82) is 0 Å². The standard InChI is InChI=1S/C27H27ClF2N4O4/c1-5-6-38-27(37)32(4)17-10-33(11-17)26-21(30)8-18-14(2)19(15(3)36)12-34(25(18)24(26)28)23-9-22(31)20(29)7-16(23)13-35/h5,7-9,12,17,35-36H,1-3,6,10-11,13,31H2,4H3. The number of rotatable bonds is 7. The van der Waals surface area contributed by atoms with Crippen LogP contribution in [0, 0.1) is 11.6 Å². The highest BCUT2D eigenvalue weighted by Gasteiger charge is 2.38. The van der Waals surface area contributed by atoms with Crippen molar-refractivity contribution >= 4 is 46.0 Å². The van der Waals surface area contributed by atoms with Gasteiger partial charge in [0.2, 0.25) is 0 Å². The number of anilines is 4. The van der Waals surface area contributed by atoms with Gasteiger partial charge in [-0.1, -0.05) is 37.4 Å². The molecule has 4 N–H and O–H groups in total. The van der Waals surface area contributed by atoms with E-state index in [1.807, 2.05) is 0 Å². The third-order valence-corrected chi connectivity index (χ3v) is 6.95. The number of halogens is 3. The Labute approximate surface area is 223 Å². The summed E-state index contributed by atoms with van der Waals surface area (Å²) >= 11 is 6.84. The molecule has 0 spiro atoms. The molecule has 0 unspecified atom stereocenters. The van der Waals surface area contributed by atoms with Crippen molar-refractivity contribution in [2.45, 2.75) is 12.6 Å². The molecule has 2 aliphatic heterocycles. The van der Waals surface area contributed by atoms with Gasteiger partial charge >= 0.3 is 6.09 Å². The van der Waals surface area contributed by atoms with Gasteiger partial charge in [0.25, 0.3) is 0 Å². The molecule has 0 atom stereocenters. The van der Waals surface area contributed by atoms with Gasteiger partial charge in [0.1, 0.15) is 24.0 Å². The highest BCUT2D eigenvalue weighted by molar-refractivity contribution is 6.37. The molecule has 38 heavy (non-hydrogen) atoms. The lowest BCUT2D eigenvalue weighted by Crippen LogP contribution is -2.60. The molecule has 1 fully saturated rings. The zero-order chi connectivity index (χ0) is 27.9. The number of nitrogens with two attached hydrogens (primary N) is 1. The molecule has 0 radical (unpaired) electrons. The van der Waals surface area contributed by atoms with Gasteiger partial charge in [-0.15, -0.1) is 0 Å². The highest BCUT2D eigenvalue weighted by Crippen LogP contribution is 2.51. The van der Waals surface area contributed by atoms with Crippen molar-refractivity contribution in [1.82, 2.24) is 4.90 Å². The molecule has 2 heterocycles. The van der Waals surface area contributed by atoms with E-state index < -0.39 is 24.3 Å². The Bertz CT molecular complexity index is 1390. The predicted octanol–water partition coefficient (Wildman–Crippen LogP) is 5.26. The Morgan fingerprint density at radius 2 is 1.97 bits per heavy atom. The van der Waals surface area contributed by atoms with Crippen LogP contribution < -0.4 is 15.5 Å². The van der Waals surface area contributed by atoms with Crippen molar-refractivity contribution in [2.75, 3.05) is 42.3 Å². The number of aliphatic hydroxyl groups excluding tert-OH is 2. The zero-order valence-electron chi connectivity index (χ0n) is 20.7. The van der Waals surface area contributed by atoms with Crippen molar-refractivity contribution in [2.24, 2.45) is 0 Å². The Morgan fingerprint density at radius 1 is 1.29 bits per heavy atom. The SMILES string of the molecule is C=CCOC(=O)N(C)C1CN(c2c(F)cc3c(c2Cl)N(c2cc(N)c(F)cc2CO)C=C(C(=C)O)C3=C)C1. The van der Waals surface area contributed by atoms with Crippen LogP contribution in [0.3, 0.4) is 0 Å². The van der Waals surface area contributed by atoms with Crippen molar-refractivity contribution in [3.8, 4) is 0 Å². The van der Waals surface area contributed by atoms with E-state index in [1.165, 1.54) is 34.2 Å². The molecule has 0 aromatic heterocycles. The maximum atomic E-state index is 15.5. The predicted molar refractivity (Wildman–Crippen MR) is 144 cm³/mol. The van der Waals surface area contributed by atoms with Crippen molar-refractivity contribution in [3.05, 3.63) is 89.3 Å². The number of carbonyl (C=O) groups excluding carboxylic acids is 1. The van der Waals surface area contributed by atoms with Crippen LogP contribution >= 0.6 is 11.6 Å². The maximum absolute atomic E-state index is 15.5. The van der Waals surface area contributed by atoms with E-state index >= 15 is 4.39 Å². The Balaban J connectivity index is 1.79.